The number of hydrogen-bond donors (Lipinski definition) is 1. The predicted octanol–water partition coefficient (Wildman–Crippen LogP) is 2.08. The first-order chi connectivity index (χ1) is 11.5. The lowest BCUT2D eigenvalue weighted by molar-refractivity contribution is -0.131. The normalized spacial score (nSPS) is 21.8. The fraction of sp³-hybridized carbons (Fsp3) is 0.588. The average molecular weight is 391 g/mol. The SMILES string of the molecule is Cl.O=C(CS(=O)(=O)C1CCCC1)N1CCNCC1c1cccc(F)c1. The van der Waals surface area contributed by atoms with Gasteiger partial charge in [0.2, 0.25) is 5.91 Å². The van der Waals surface area contributed by atoms with E-state index in [-0.39, 0.29) is 35.4 Å². The van der Waals surface area contributed by atoms with E-state index in [0.29, 0.717) is 38.0 Å². The molecule has 8 heteroatoms. The molecule has 1 aromatic carbocycles. The first kappa shape index (κ1) is 20.1. The number of piperazine rings is 1. The van der Waals surface area contributed by atoms with E-state index in [0.717, 1.165) is 12.8 Å². The number of amides is 1. The fourth-order valence-corrected chi connectivity index (χ4v) is 5.43. The summed E-state index contributed by atoms with van der Waals surface area (Å²) in [6, 6.07) is 5.81. The Morgan fingerprint density at radius 1 is 1.28 bits per heavy atom. The van der Waals surface area contributed by atoms with Gasteiger partial charge in [-0.1, -0.05) is 25.0 Å². The van der Waals surface area contributed by atoms with Gasteiger partial charge < -0.3 is 10.2 Å². The van der Waals surface area contributed by atoms with Crippen molar-refractivity contribution in [2.24, 2.45) is 0 Å². The minimum Gasteiger partial charge on any atom is -0.332 e. The van der Waals surface area contributed by atoms with Gasteiger partial charge >= 0.3 is 0 Å². The van der Waals surface area contributed by atoms with Crippen molar-refractivity contribution < 1.29 is 17.6 Å². The van der Waals surface area contributed by atoms with E-state index in [1.807, 2.05) is 0 Å². The van der Waals surface area contributed by atoms with Crippen LogP contribution in [0, 0.1) is 5.82 Å². The van der Waals surface area contributed by atoms with Crippen LogP contribution in [-0.2, 0) is 14.6 Å². The maximum atomic E-state index is 13.5. The van der Waals surface area contributed by atoms with Crippen LogP contribution in [0.25, 0.3) is 0 Å². The number of benzene rings is 1. The van der Waals surface area contributed by atoms with Crippen LogP contribution in [0.15, 0.2) is 24.3 Å². The van der Waals surface area contributed by atoms with Gasteiger partial charge in [0, 0.05) is 19.6 Å². The lowest BCUT2D eigenvalue weighted by atomic mass is 10.0. The molecular formula is C17H24ClFN2O3S. The summed E-state index contributed by atoms with van der Waals surface area (Å²) in [5, 5.41) is 2.81. The molecule has 0 bridgehead atoms. The molecule has 2 fully saturated rings. The molecule has 1 unspecified atom stereocenters. The summed E-state index contributed by atoms with van der Waals surface area (Å²) in [5.74, 6) is -1.18. The van der Waals surface area contributed by atoms with E-state index in [9.17, 15) is 17.6 Å². The second kappa shape index (κ2) is 8.47. The van der Waals surface area contributed by atoms with E-state index in [2.05, 4.69) is 5.32 Å². The van der Waals surface area contributed by atoms with E-state index < -0.39 is 15.6 Å². The quantitative estimate of drug-likeness (QED) is 0.854. The molecule has 140 valence electrons. The number of carbonyl (C=O) groups excluding carboxylic acids is 1. The minimum atomic E-state index is -3.41. The number of halogens is 2. The smallest absolute Gasteiger partial charge is 0.238 e. The molecule has 1 amide bonds. The van der Waals surface area contributed by atoms with E-state index in [1.165, 1.54) is 12.1 Å². The largest absolute Gasteiger partial charge is 0.332 e. The summed E-state index contributed by atoms with van der Waals surface area (Å²) in [6.45, 7) is 1.54. The molecular weight excluding hydrogens is 367 g/mol. The second-order valence-corrected chi connectivity index (χ2v) is 8.86. The van der Waals surface area contributed by atoms with Crippen LogP contribution in [0.1, 0.15) is 37.3 Å². The molecule has 1 atom stereocenters. The van der Waals surface area contributed by atoms with Crippen molar-refractivity contribution in [3.05, 3.63) is 35.6 Å². The van der Waals surface area contributed by atoms with Gasteiger partial charge in [-0.2, -0.15) is 0 Å². The Labute approximate surface area is 154 Å². The van der Waals surface area contributed by atoms with Gasteiger partial charge in [0.15, 0.2) is 9.84 Å². The first-order valence-corrected chi connectivity index (χ1v) is 10.2. The summed E-state index contributed by atoms with van der Waals surface area (Å²) in [7, 11) is -3.41. The number of rotatable bonds is 4. The predicted molar refractivity (Wildman–Crippen MR) is 97.0 cm³/mol. The summed E-state index contributed by atoms with van der Waals surface area (Å²) >= 11 is 0. The Bertz CT molecular complexity index is 708. The summed E-state index contributed by atoms with van der Waals surface area (Å²) in [5.41, 5.74) is 0.689. The molecule has 0 spiro atoms. The molecule has 1 N–H and O–H groups in total. The maximum absolute atomic E-state index is 13.5. The van der Waals surface area contributed by atoms with Crippen molar-refractivity contribution in [2.45, 2.75) is 37.0 Å². The summed E-state index contributed by atoms with van der Waals surface area (Å²) in [6.07, 6.45) is 3.14. The third-order valence-electron chi connectivity index (χ3n) is 4.93. The Hall–Kier alpha value is -1.18. The van der Waals surface area contributed by atoms with Crippen molar-refractivity contribution in [3.8, 4) is 0 Å². The van der Waals surface area contributed by atoms with Crippen LogP contribution in [0.4, 0.5) is 4.39 Å². The van der Waals surface area contributed by atoms with Crippen LogP contribution in [-0.4, -0.2) is 49.9 Å². The third kappa shape index (κ3) is 4.71. The van der Waals surface area contributed by atoms with E-state index >= 15 is 0 Å². The zero-order chi connectivity index (χ0) is 17.2. The lowest BCUT2D eigenvalue weighted by Crippen LogP contribution is -2.50. The zero-order valence-corrected chi connectivity index (χ0v) is 15.6. The fourth-order valence-electron chi connectivity index (χ4n) is 3.63. The van der Waals surface area contributed by atoms with Crippen molar-refractivity contribution in [2.75, 3.05) is 25.4 Å². The number of nitrogens with one attached hydrogen (secondary N) is 1. The monoisotopic (exact) mass is 390 g/mol. The van der Waals surface area contributed by atoms with Gasteiger partial charge in [0.05, 0.1) is 11.3 Å². The molecule has 0 radical (unpaired) electrons. The molecule has 3 rings (SSSR count). The van der Waals surface area contributed by atoms with Gasteiger partial charge in [-0.15, -0.1) is 12.4 Å². The van der Waals surface area contributed by atoms with Gasteiger partial charge in [-0.3, -0.25) is 4.79 Å². The number of sulfone groups is 1. The topological polar surface area (TPSA) is 66.5 Å². The third-order valence-corrected chi connectivity index (χ3v) is 7.07. The first-order valence-electron chi connectivity index (χ1n) is 8.44. The van der Waals surface area contributed by atoms with Gasteiger partial charge in [0.1, 0.15) is 11.6 Å². The lowest BCUT2D eigenvalue weighted by Gasteiger charge is -2.36. The summed E-state index contributed by atoms with van der Waals surface area (Å²) in [4.78, 5) is 14.2. The molecule has 1 aliphatic carbocycles. The molecule has 5 nitrogen and oxygen atoms in total. The van der Waals surface area contributed by atoms with Crippen molar-refractivity contribution in [1.82, 2.24) is 10.2 Å². The van der Waals surface area contributed by atoms with Crippen molar-refractivity contribution in [1.29, 1.82) is 0 Å². The molecule has 25 heavy (non-hydrogen) atoms. The Balaban J connectivity index is 0.00000225. The Morgan fingerprint density at radius 2 is 2.00 bits per heavy atom. The van der Waals surface area contributed by atoms with Crippen LogP contribution >= 0.6 is 12.4 Å². The molecule has 1 saturated carbocycles. The van der Waals surface area contributed by atoms with Crippen LogP contribution in [0.3, 0.4) is 0 Å². The number of carbonyl (C=O) groups is 1. The number of hydrogen-bond acceptors (Lipinski definition) is 4. The van der Waals surface area contributed by atoms with Crippen LogP contribution < -0.4 is 5.32 Å². The van der Waals surface area contributed by atoms with Gasteiger partial charge in [-0.25, -0.2) is 12.8 Å². The van der Waals surface area contributed by atoms with Gasteiger partial charge in [-0.05, 0) is 30.5 Å². The highest BCUT2D eigenvalue weighted by Crippen LogP contribution is 2.27. The second-order valence-electron chi connectivity index (χ2n) is 6.58. The Kier molecular flexibility index (Phi) is 6.82. The summed E-state index contributed by atoms with van der Waals surface area (Å²) < 4.78 is 38.4. The molecule has 1 saturated heterocycles. The molecule has 2 aliphatic rings. The van der Waals surface area contributed by atoms with E-state index in [1.54, 1.807) is 17.0 Å². The van der Waals surface area contributed by atoms with Crippen LogP contribution in [0.2, 0.25) is 0 Å². The Morgan fingerprint density at radius 3 is 2.68 bits per heavy atom. The number of nitrogens with zero attached hydrogens (tertiary/aromatic N) is 1. The molecule has 0 aromatic heterocycles. The highest BCUT2D eigenvalue weighted by Gasteiger charge is 2.35. The van der Waals surface area contributed by atoms with E-state index in [4.69, 9.17) is 0 Å². The highest BCUT2D eigenvalue weighted by molar-refractivity contribution is 7.92. The maximum Gasteiger partial charge on any atom is 0.238 e. The average Bonchev–Trinajstić information content (AvgIpc) is 3.10. The molecule has 1 aliphatic heterocycles. The van der Waals surface area contributed by atoms with Gasteiger partial charge in [0.25, 0.3) is 0 Å². The molecule has 1 aromatic rings. The zero-order valence-electron chi connectivity index (χ0n) is 14.0. The highest BCUT2D eigenvalue weighted by atomic mass is 35.5. The minimum absolute atomic E-state index is 0. The van der Waals surface area contributed by atoms with Crippen LogP contribution in [0.5, 0.6) is 0 Å². The van der Waals surface area contributed by atoms with Crippen molar-refractivity contribution in [3.63, 3.8) is 0 Å². The van der Waals surface area contributed by atoms with Crippen molar-refractivity contribution >= 4 is 28.2 Å². The molecule has 1 heterocycles. The standard InChI is InChI=1S/C17H23FN2O3S.ClH/c18-14-5-3-4-13(10-14)16-11-19-8-9-20(16)17(21)12-24(22,23)15-6-1-2-7-15;/h3-5,10,15-16,19H,1-2,6-9,11-12H2;1H.